The molecule has 34 heavy (non-hydrogen) atoms. The molecule has 3 aromatic carbocycles. The van der Waals surface area contributed by atoms with Crippen molar-refractivity contribution in [2.75, 3.05) is 20.2 Å². The summed E-state index contributed by atoms with van der Waals surface area (Å²) < 4.78 is 11.6. The smallest absolute Gasteiger partial charge is 0.323 e. The molecule has 0 fully saturated rings. The molecular formula is C28H29NO5. The van der Waals surface area contributed by atoms with Gasteiger partial charge >= 0.3 is 5.97 Å². The van der Waals surface area contributed by atoms with Crippen LogP contribution < -0.4 is 9.47 Å². The van der Waals surface area contributed by atoms with Crippen molar-refractivity contribution in [1.82, 2.24) is 4.90 Å². The van der Waals surface area contributed by atoms with E-state index in [0.717, 1.165) is 29.0 Å². The van der Waals surface area contributed by atoms with E-state index in [-0.39, 0.29) is 19.0 Å². The molecule has 6 heteroatoms. The van der Waals surface area contributed by atoms with Gasteiger partial charge in [0, 0.05) is 24.9 Å². The second kappa shape index (κ2) is 10.00. The van der Waals surface area contributed by atoms with Crippen molar-refractivity contribution < 1.29 is 24.2 Å². The van der Waals surface area contributed by atoms with Crippen LogP contribution in [0.3, 0.4) is 0 Å². The maximum atomic E-state index is 13.3. The number of benzene rings is 3. The molecule has 1 amide bonds. The number of hydrogen-bond acceptors (Lipinski definition) is 4. The highest BCUT2D eigenvalue weighted by atomic mass is 16.5. The van der Waals surface area contributed by atoms with Gasteiger partial charge in [-0.15, -0.1) is 0 Å². The molecule has 1 heterocycles. The zero-order valence-electron chi connectivity index (χ0n) is 19.5. The molecule has 0 aromatic heterocycles. The van der Waals surface area contributed by atoms with Crippen molar-refractivity contribution in [3.8, 4) is 11.5 Å². The van der Waals surface area contributed by atoms with E-state index in [1.54, 1.807) is 13.2 Å². The van der Waals surface area contributed by atoms with Gasteiger partial charge in [0.15, 0.2) is 0 Å². The highest BCUT2D eigenvalue weighted by molar-refractivity contribution is 5.96. The number of carbonyl (C=O) groups excluding carboxylic acids is 1. The molecule has 0 radical (unpaired) electrons. The maximum absolute atomic E-state index is 13.3. The highest BCUT2D eigenvalue weighted by Crippen LogP contribution is 2.37. The van der Waals surface area contributed by atoms with Gasteiger partial charge in [-0.25, -0.2) is 0 Å². The van der Waals surface area contributed by atoms with E-state index in [2.05, 4.69) is 19.1 Å². The maximum Gasteiger partial charge on any atom is 0.323 e. The number of hydrogen-bond donors (Lipinski definition) is 1. The largest absolute Gasteiger partial charge is 0.496 e. The summed E-state index contributed by atoms with van der Waals surface area (Å²) in [5.41, 5.74) is 3.15. The first-order valence-corrected chi connectivity index (χ1v) is 11.4. The summed E-state index contributed by atoms with van der Waals surface area (Å²) in [6.07, 6.45) is 1.93. The fourth-order valence-electron chi connectivity index (χ4n) is 4.54. The molecule has 0 saturated heterocycles. The van der Waals surface area contributed by atoms with Gasteiger partial charge in [-0.05, 0) is 54.3 Å². The second-order valence-corrected chi connectivity index (χ2v) is 8.90. The van der Waals surface area contributed by atoms with Gasteiger partial charge in [-0.3, -0.25) is 9.59 Å². The Kier molecular flexibility index (Phi) is 6.87. The number of amides is 1. The minimum Gasteiger partial charge on any atom is -0.496 e. The number of rotatable bonds is 9. The molecule has 0 saturated carbocycles. The summed E-state index contributed by atoms with van der Waals surface area (Å²) in [4.78, 5) is 26.2. The van der Waals surface area contributed by atoms with Crippen LogP contribution >= 0.6 is 0 Å². The number of carboxylic acid groups (broad SMARTS) is 1. The van der Waals surface area contributed by atoms with Crippen molar-refractivity contribution in [2.24, 2.45) is 0 Å². The van der Waals surface area contributed by atoms with E-state index in [1.165, 1.54) is 10.5 Å². The third-order valence-electron chi connectivity index (χ3n) is 6.11. The number of fused-ring (bicyclic) bond motifs is 1. The number of methoxy groups -OCH3 is 1. The lowest BCUT2D eigenvalue weighted by Gasteiger charge is -2.24. The summed E-state index contributed by atoms with van der Waals surface area (Å²) >= 11 is 0. The van der Waals surface area contributed by atoms with Crippen LogP contribution in [0.25, 0.3) is 0 Å². The Balaban J connectivity index is 1.49. The summed E-state index contributed by atoms with van der Waals surface area (Å²) in [6.45, 7) is 1.98. The minimum atomic E-state index is -1.05. The quantitative estimate of drug-likeness (QED) is 0.513. The van der Waals surface area contributed by atoms with E-state index in [1.807, 2.05) is 54.6 Å². The van der Waals surface area contributed by atoms with Crippen molar-refractivity contribution in [3.63, 3.8) is 0 Å². The molecule has 0 aliphatic carbocycles. The summed E-state index contributed by atoms with van der Waals surface area (Å²) in [6, 6.07) is 23.1. The van der Waals surface area contributed by atoms with Crippen molar-refractivity contribution in [3.05, 3.63) is 95.1 Å². The molecule has 0 bridgehead atoms. The fraction of sp³-hybridized carbons (Fsp3) is 0.286. The molecule has 0 unspecified atom stereocenters. The molecule has 176 valence electrons. The monoisotopic (exact) mass is 459 g/mol. The molecular weight excluding hydrogens is 430 g/mol. The van der Waals surface area contributed by atoms with Gasteiger partial charge in [0.05, 0.1) is 7.11 Å². The van der Waals surface area contributed by atoms with E-state index >= 15 is 0 Å². The highest BCUT2D eigenvalue weighted by Gasteiger charge is 2.35. The molecule has 0 spiro atoms. The van der Waals surface area contributed by atoms with Crippen LogP contribution in [0.2, 0.25) is 0 Å². The third kappa shape index (κ3) is 5.39. The number of carbonyl (C=O) groups is 2. The Morgan fingerprint density at radius 2 is 1.79 bits per heavy atom. The Labute approximate surface area is 199 Å². The summed E-state index contributed by atoms with van der Waals surface area (Å²) in [5.74, 6) is 0.136. The van der Waals surface area contributed by atoms with Gasteiger partial charge < -0.3 is 19.5 Å². The van der Waals surface area contributed by atoms with Crippen LogP contribution in [0.1, 0.15) is 34.0 Å². The van der Waals surface area contributed by atoms with Gasteiger partial charge in [0.2, 0.25) is 0 Å². The number of carboxylic acids is 1. The van der Waals surface area contributed by atoms with Gasteiger partial charge in [-0.2, -0.15) is 0 Å². The Morgan fingerprint density at radius 3 is 2.53 bits per heavy atom. The zero-order valence-corrected chi connectivity index (χ0v) is 19.5. The first-order valence-electron chi connectivity index (χ1n) is 11.4. The molecule has 3 aromatic rings. The zero-order chi connectivity index (χ0) is 24.1. The van der Waals surface area contributed by atoms with E-state index in [0.29, 0.717) is 18.4 Å². The van der Waals surface area contributed by atoms with Crippen molar-refractivity contribution in [2.45, 2.75) is 31.8 Å². The van der Waals surface area contributed by atoms with E-state index < -0.39 is 11.6 Å². The predicted molar refractivity (Wildman–Crippen MR) is 130 cm³/mol. The Bertz CT molecular complexity index is 1180. The van der Waals surface area contributed by atoms with Crippen LogP contribution in [0.15, 0.2) is 72.8 Å². The fourth-order valence-corrected chi connectivity index (χ4v) is 4.54. The van der Waals surface area contributed by atoms with Gasteiger partial charge in [0.25, 0.3) is 5.91 Å². The SMILES string of the molecule is COc1ccccc1CCN(CC(=O)O)C(=O)c1ccc2c(c1)C[C@@](C)(Cc1ccccc1)O2. The Hall–Kier alpha value is -3.80. The van der Waals surface area contributed by atoms with Crippen LogP contribution in [-0.4, -0.2) is 47.7 Å². The second-order valence-electron chi connectivity index (χ2n) is 8.90. The van der Waals surface area contributed by atoms with Gasteiger partial charge in [0.1, 0.15) is 23.6 Å². The molecule has 6 nitrogen and oxygen atoms in total. The van der Waals surface area contributed by atoms with Gasteiger partial charge in [-0.1, -0.05) is 48.5 Å². The summed E-state index contributed by atoms with van der Waals surface area (Å²) in [5, 5.41) is 9.40. The average Bonchev–Trinajstić information content (AvgIpc) is 3.16. The van der Waals surface area contributed by atoms with Crippen LogP contribution in [0.5, 0.6) is 11.5 Å². The van der Waals surface area contributed by atoms with E-state index in [9.17, 15) is 14.7 Å². The predicted octanol–water partition coefficient (Wildman–Crippen LogP) is 4.40. The van der Waals surface area contributed by atoms with Crippen LogP contribution in [0.4, 0.5) is 0 Å². The van der Waals surface area contributed by atoms with E-state index in [4.69, 9.17) is 9.47 Å². The Morgan fingerprint density at radius 1 is 1.06 bits per heavy atom. The first-order chi connectivity index (χ1) is 16.4. The van der Waals surface area contributed by atoms with Crippen molar-refractivity contribution in [1.29, 1.82) is 0 Å². The lowest BCUT2D eigenvalue weighted by molar-refractivity contribution is -0.137. The molecule has 1 aliphatic heterocycles. The average molecular weight is 460 g/mol. The lowest BCUT2D eigenvalue weighted by atomic mass is 9.91. The normalized spacial score (nSPS) is 16.4. The molecule has 1 N–H and O–H groups in total. The van der Waals surface area contributed by atoms with Crippen molar-refractivity contribution >= 4 is 11.9 Å². The molecule has 1 aliphatic rings. The van der Waals surface area contributed by atoms with Crippen LogP contribution in [0, 0.1) is 0 Å². The topological polar surface area (TPSA) is 76.1 Å². The standard InChI is InChI=1S/C28H29NO5/c1-28(17-20-8-4-3-5-9-20)18-23-16-22(12-13-25(23)34-28)27(32)29(19-26(30)31)15-14-21-10-6-7-11-24(21)33-2/h3-13,16H,14-15,17-19H2,1-2H3,(H,30,31)/t28-/m1/s1. The van der Waals surface area contributed by atoms with Crippen LogP contribution in [-0.2, 0) is 24.1 Å². The summed E-state index contributed by atoms with van der Waals surface area (Å²) in [7, 11) is 1.59. The third-order valence-corrected chi connectivity index (χ3v) is 6.11. The number of ether oxygens (including phenoxy) is 2. The number of aliphatic carboxylic acids is 1. The molecule has 1 atom stereocenters. The lowest BCUT2D eigenvalue weighted by Crippen LogP contribution is -2.37. The number of para-hydroxylation sites is 1. The number of nitrogens with zero attached hydrogens (tertiary/aromatic N) is 1. The minimum absolute atomic E-state index is 0.269. The first kappa shape index (κ1) is 23.4. The molecule has 4 rings (SSSR count).